The Labute approximate surface area is 428 Å². The molecule has 8 heteroatoms. The summed E-state index contributed by atoms with van der Waals surface area (Å²) in [6.07, 6.45) is 40.2. The standard InChI is InChI=1S/C62H100O8/c1-6-10-14-18-22-24-26-28-32-36-40-67-58-44-54(45-59(49-58)68-41-37-33-29-27-25-23-19-15-11-7-2)52-70-61-47-55(62(63)64-5)46-60(50-61)69-51-53-42-56(65-38-34-30-20-16-12-8-3)48-57(43-53)66-39-35-31-21-17-13-9-4/h42-50H,6-41,51-52H2,1-5H3. The van der Waals surface area contributed by atoms with E-state index in [4.69, 9.17) is 33.2 Å². The smallest absolute Gasteiger partial charge is 0.338 e. The first-order chi connectivity index (χ1) is 34.5. The van der Waals surface area contributed by atoms with Gasteiger partial charge in [0, 0.05) is 18.2 Å². The van der Waals surface area contributed by atoms with E-state index in [0.717, 1.165) is 72.6 Å². The first-order valence-corrected chi connectivity index (χ1v) is 28.8. The largest absolute Gasteiger partial charge is 0.493 e. The Kier molecular flexibility index (Phi) is 35.7. The molecule has 0 saturated carbocycles. The molecule has 0 bridgehead atoms. The fourth-order valence-electron chi connectivity index (χ4n) is 8.77. The van der Waals surface area contributed by atoms with Gasteiger partial charge in [-0.15, -0.1) is 0 Å². The third-order valence-electron chi connectivity index (χ3n) is 13.1. The van der Waals surface area contributed by atoms with E-state index in [9.17, 15) is 4.79 Å². The SMILES string of the molecule is CCCCCCCCCCCCOc1cc(COc2cc(OCc3cc(OCCCCCCCC)cc(OCCCCCCCC)c3)cc(C(=O)OC)c2)cc(OCCCCCCCCCCCC)c1. The number of hydrogen-bond acceptors (Lipinski definition) is 8. The van der Waals surface area contributed by atoms with E-state index in [1.165, 1.54) is 174 Å². The van der Waals surface area contributed by atoms with Crippen molar-refractivity contribution in [3.63, 3.8) is 0 Å². The Bertz CT molecular complexity index is 1640. The lowest BCUT2D eigenvalue weighted by Gasteiger charge is -2.15. The molecular formula is C62H100O8. The average Bonchev–Trinajstić information content (AvgIpc) is 3.37. The van der Waals surface area contributed by atoms with Crippen LogP contribution in [0.4, 0.5) is 0 Å². The van der Waals surface area contributed by atoms with E-state index in [-0.39, 0.29) is 13.2 Å². The van der Waals surface area contributed by atoms with Crippen LogP contribution in [0.15, 0.2) is 54.6 Å². The second-order valence-corrected chi connectivity index (χ2v) is 19.7. The number of ether oxygens (including phenoxy) is 7. The minimum atomic E-state index is -0.462. The maximum atomic E-state index is 12.9. The van der Waals surface area contributed by atoms with Crippen molar-refractivity contribution in [3.05, 3.63) is 71.3 Å². The molecule has 3 aromatic rings. The topological polar surface area (TPSA) is 81.7 Å². The quantitative estimate of drug-likeness (QED) is 0.0409. The summed E-state index contributed by atoms with van der Waals surface area (Å²) in [7, 11) is 1.39. The molecule has 0 aromatic heterocycles. The Morgan fingerprint density at radius 2 is 0.529 bits per heavy atom. The van der Waals surface area contributed by atoms with Gasteiger partial charge in [0.15, 0.2) is 0 Å². The fourth-order valence-corrected chi connectivity index (χ4v) is 8.77. The van der Waals surface area contributed by atoms with E-state index >= 15 is 0 Å². The van der Waals surface area contributed by atoms with Crippen LogP contribution in [0.5, 0.6) is 34.5 Å². The average molecular weight is 973 g/mol. The van der Waals surface area contributed by atoms with Gasteiger partial charge in [0.2, 0.25) is 0 Å². The molecule has 0 saturated heterocycles. The number of hydrogen-bond donors (Lipinski definition) is 0. The van der Waals surface area contributed by atoms with Crippen molar-refractivity contribution in [3.8, 4) is 34.5 Å². The molecule has 0 atom stereocenters. The summed E-state index contributed by atoms with van der Waals surface area (Å²) in [6, 6.07) is 17.4. The highest BCUT2D eigenvalue weighted by molar-refractivity contribution is 5.90. The van der Waals surface area contributed by atoms with Crippen molar-refractivity contribution in [2.75, 3.05) is 33.5 Å². The maximum absolute atomic E-state index is 12.9. The Morgan fingerprint density at radius 1 is 0.300 bits per heavy atom. The first kappa shape index (κ1) is 60.2. The minimum Gasteiger partial charge on any atom is -0.493 e. The molecule has 3 rings (SSSR count). The number of unbranched alkanes of at least 4 members (excludes halogenated alkanes) is 28. The van der Waals surface area contributed by atoms with Gasteiger partial charge in [0.1, 0.15) is 47.7 Å². The lowest BCUT2D eigenvalue weighted by molar-refractivity contribution is 0.0599. The van der Waals surface area contributed by atoms with Crippen molar-refractivity contribution in [2.24, 2.45) is 0 Å². The van der Waals surface area contributed by atoms with Crippen LogP contribution in [-0.2, 0) is 18.0 Å². The molecule has 0 amide bonds. The van der Waals surface area contributed by atoms with Crippen LogP contribution >= 0.6 is 0 Å². The van der Waals surface area contributed by atoms with Crippen LogP contribution < -0.4 is 28.4 Å². The molecule has 0 heterocycles. The Hall–Kier alpha value is -4.07. The molecule has 396 valence electrons. The minimum absolute atomic E-state index is 0.254. The fraction of sp³-hybridized carbons (Fsp3) is 0.694. The van der Waals surface area contributed by atoms with Crippen LogP contribution in [-0.4, -0.2) is 39.5 Å². The molecular weight excluding hydrogens is 873 g/mol. The van der Waals surface area contributed by atoms with E-state index in [1.54, 1.807) is 12.1 Å². The Balaban J connectivity index is 1.67. The van der Waals surface area contributed by atoms with Crippen molar-refractivity contribution in [2.45, 2.75) is 246 Å². The van der Waals surface area contributed by atoms with E-state index < -0.39 is 5.97 Å². The van der Waals surface area contributed by atoms with Crippen molar-refractivity contribution >= 4 is 5.97 Å². The Morgan fingerprint density at radius 3 is 0.771 bits per heavy atom. The molecule has 70 heavy (non-hydrogen) atoms. The highest BCUT2D eigenvalue weighted by Crippen LogP contribution is 2.30. The second-order valence-electron chi connectivity index (χ2n) is 19.7. The van der Waals surface area contributed by atoms with Crippen molar-refractivity contribution in [1.82, 2.24) is 0 Å². The number of esters is 1. The molecule has 0 N–H and O–H groups in total. The highest BCUT2D eigenvalue weighted by Gasteiger charge is 2.14. The summed E-state index contributed by atoms with van der Waals surface area (Å²) < 4.78 is 43.2. The van der Waals surface area contributed by atoms with Crippen LogP contribution in [0.2, 0.25) is 0 Å². The van der Waals surface area contributed by atoms with Gasteiger partial charge in [0.05, 0.1) is 39.1 Å². The van der Waals surface area contributed by atoms with Crippen LogP contribution in [0.3, 0.4) is 0 Å². The monoisotopic (exact) mass is 973 g/mol. The maximum Gasteiger partial charge on any atom is 0.338 e. The highest BCUT2D eigenvalue weighted by atomic mass is 16.5. The van der Waals surface area contributed by atoms with E-state index in [1.807, 2.05) is 42.5 Å². The molecule has 0 fully saturated rings. The van der Waals surface area contributed by atoms with E-state index in [0.29, 0.717) is 43.5 Å². The molecule has 0 unspecified atom stereocenters. The summed E-state index contributed by atoms with van der Waals surface area (Å²) in [6.45, 7) is 12.2. The van der Waals surface area contributed by atoms with Gasteiger partial charge in [-0.3, -0.25) is 0 Å². The van der Waals surface area contributed by atoms with E-state index in [2.05, 4.69) is 27.7 Å². The van der Waals surface area contributed by atoms with Crippen LogP contribution in [0.1, 0.15) is 255 Å². The number of carbonyl (C=O) groups is 1. The van der Waals surface area contributed by atoms with Gasteiger partial charge >= 0.3 is 5.97 Å². The summed E-state index contributed by atoms with van der Waals surface area (Å²) in [5, 5.41) is 0. The van der Waals surface area contributed by atoms with Gasteiger partial charge in [0.25, 0.3) is 0 Å². The van der Waals surface area contributed by atoms with Gasteiger partial charge in [-0.25, -0.2) is 4.79 Å². The molecule has 8 nitrogen and oxygen atoms in total. The van der Waals surface area contributed by atoms with Gasteiger partial charge in [-0.1, -0.05) is 207 Å². The normalized spacial score (nSPS) is 11.2. The number of rotatable bonds is 47. The predicted octanol–water partition coefficient (Wildman–Crippen LogP) is 18.7. The summed E-state index contributed by atoms with van der Waals surface area (Å²) in [4.78, 5) is 12.9. The first-order valence-electron chi connectivity index (χ1n) is 28.8. The third kappa shape index (κ3) is 30.0. The third-order valence-corrected chi connectivity index (χ3v) is 13.1. The van der Waals surface area contributed by atoms with Gasteiger partial charge in [-0.2, -0.15) is 0 Å². The second kappa shape index (κ2) is 41.5. The molecule has 0 spiro atoms. The number of methoxy groups -OCH3 is 1. The molecule has 0 radical (unpaired) electrons. The summed E-state index contributed by atoms with van der Waals surface area (Å²) in [5.74, 6) is 3.67. The zero-order chi connectivity index (χ0) is 50.0. The molecule has 0 aliphatic rings. The molecule has 3 aromatic carbocycles. The summed E-state index contributed by atoms with van der Waals surface area (Å²) >= 11 is 0. The van der Waals surface area contributed by atoms with Gasteiger partial charge in [-0.05, 0) is 73.2 Å². The zero-order valence-electron chi connectivity index (χ0n) is 45.3. The van der Waals surface area contributed by atoms with Crippen molar-refractivity contribution < 1.29 is 38.0 Å². The van der Waals surface area contributed by atoms with Crippen LogP contribution in [0.25, 0.3) is 0 Å². The molecule has 0 aliphatic carbocycles. The van der Waals surface area contributed by atoms with Crippen LogP contribution in [0, 0.1) is 0 Å². The van der Waals surface area contributed by atoms with Crippen molar-refractivity contribution in [1.29, 1.82) is 0 Å². The summed E-state index contributed by atoms with van der Waals surface area (Å²) in [5.41, 5.74) is 2.20. The lowest BCUT2D eigenvalue weighted by atomic mass is 10.1. The van der Waals surface area contributed by atoms with Gasteiger partial charge < -0.3 is 33.2 Å². The molecule has 0 aliphatic heterocycles. The number of benzene rings is 3. The lowest BCUT2D eigenvalue weighted by Crippen LogP contribution is -2.06. The number of carbonyl (C=O) groups excluding carboxylic acids is 1. The zero-order valence-corrected chi connectivity index (χ0v) is 45.3. The predicted molar refractivity (Wildman–Crippen MR) is 292 cm³/mol.